The molecule has 8 aromatic rings. The number of rotatable bonds is 6. The number of aliphatic hydroxyl groups is 2. The Hall–Kier alpha value is -5.24. The minimum absolute atomic E-state index is 0.0451. The average Bonchev–Trinajstić information content (AvgIpc) is 3.76. The largest absolute Gasteiger partial charge is 0.392 e. The molecule has 0 atom stereocenters. The first-order chi connectivity index (χ1) is 24.1. The van der Waals surface area contributed by atoms with Gasteiger partial charge in [-0.25, -0.2) is 9.03 Å². The molecule has 8 heteroatoms. The SMILES string of the molecule is CC(C)(O)c1cccc(-c2ccn3nc(-c4ccc(Cl)cc4)cc3c2)c1.OCc1cccc(-c2ccn3nc(-c4ccc(Cl)cc4)cc3c2)c1. The van der Waals surface area contributed by atoms with E-state index < -0.39 is 5.60 Å². The summed E-state index contributed by atoms with van der Waals surface area (Å²) in [5.74, 6) is 0. The highest BCUT2D eigenvalue weighted by molar-refractivity contribution is 6.30. The maximum atomic E-state index is 10.3. The van der Waals surface area contributed by atoms with Crippen molar-refractivity contribution in [3.05, 3.63) is 167 Å². The molecule has 50 heavy (non-hydrogen) atoms. The zero-order valence-corrected chi connectivity index (χ0v) is 29.0. The molecule has 0 radical (unpaired) electrons. The third-order valence-electron chi connectivity index (χ3n) is 8.55. The normalized spacial score (nSPS) is 11.5. The number of hydrogen-bond acceptors (Lipinski definition) is 4. The van der Waals surface area contributed by atoms with Gasteiger partial charge in [0.25, 0.3) is 0 Å². The monoisotopic (exact) mass is 696 g/mol. The number of aliphatic hydroxyl groups excluding tert-OH is 1. The number of fused-ring (bicyclic) bond motifs is 2. The maximum absolute atomic E-state index is 10.3. The van der Waals surface area contributed by atoms with Crippen molar-refractivity contribution in [2.75, 3.05) is 0 Å². The molecule has 0 aliphatic carbocycles. The summed E-state index contributed by atoms with van der Waals surface area (Å²) in [6, 6.07) is 43.7. The van der Waals surface area contributed by atoms with Crippen molar-refractivity contribution < 1.29 is 10.2 Å². The van der Waals surface area contributed by atoms with E-state index >= 15 is 0 Å². The molecule has 0 amide bonds. The van der Waals surface area contributed by atoms with E-state index in [0.29, 0.717) is 10.0 Å². The van der Waals surface area contributed by atoms with Gasteiger partial charge in [-0.15, -0.1) is 0 Å². The van der Waals surface area contributed by atoms with E-state index in [4.69, 9.17) is 23.2 Å². The lowest BCUT2D eigenvalue weighted by atomic mass is 9.94. The van der Waals surface area contributed by atoms with Gasteiger partial charge in [0.2, 0.25) is 0 Å². The molecule has 8 rings (SSSR count). The minimum atomic E-state index is -0.863. The summed E-state index contributed by atoms with van der Waals surface area (Å²) >= 11 is 11.9. The van der Waals surface area contributed by atoms with Gasteiger partial charge in [0.15, 0.2) is 0 Å². The fraction of sp³-hybridized carbons (Fsp3) is 0.0952. The van der Waals surface area contributed by atoms with Crippen molar-refractivity contribution in [2.24, 2.45) is 0 Å². The highest BCUT2D eigenvalue weighted by Crippen LogP contribution is 2.29. The molecule has 2 N–H and O–H groups in total. The standard InChI is InChI=1S/C22H19ClN2O.C20H15ClN2O/c1-22(2,26)18-5-3-4-16(12-18)17-10-11-25-20(13-17)14-21(24-25)15-6-8-19(23)9-7-15;21-18-6-4-15(5-7-18)20-12-19-11-17(8-9-23(19)22-20)16-3-1-2-14(10-16)13-24/h3-14,26H,1-2H3;1-12,24H,13H2. The third kappa shape index (κ3) is 7.34. The molecule has 4 aromatic heterocycles. The van der Waals surface area contributed by atoms with Crippen LogP contribution in [0.2, 0.25) is 10.0 Å². The Bertz CT molecular complexity index is 2430. The third-order valence-corrected chi connectivity index (χ3v) is 9.06. The molecular formula is C42H34Cl2N4O2. The Kier molecular flexibility index (Phi) is 9.27. The lowest BCUT2D eigenvalue weighted by Gasteiger charge is -2.18. The molecule has 248 valence electrons. The van der Waals surface area contributed by atoms with Crippen LogP contribution >= 0.6 is 23.2 Å². The molecule has 0 fully saturated rings. The Morgan fingerprint density at radius 1 is 0.540 bits per heavy atom. The first kappa shape index (κ1) is 33.3. The van der Waals surface area contributed by atoms with E-state index in [0.717, 1.165) is 66.9 Å². The molecule has 0 aliphatic heterocycles. The zero-order valence-electron chi connectivity index (χ0n) is 27.5. The molecule has 6 nitrogen and oxygen atoms in total. The van der Waals surface area contributed by atoms with Gasteiger partial charge in [-0.3, -0.25) is 0 Å². The smallest absolute Gasteiger partial charge is 0.0933 e. The molecule has 0 spiro atoms. The van der Waals surface area contributed by atoms with E-state index in [-0.39, 0.29) is 6.61 Å². The molecule has 4 aromatic carbocycles. The Morgan fingerprint density at radius 2 is 1.00 bits per heavy atom. The summed E-state index contributed by atoms with van der Waals surface area (Å²) in [6.07, 6.45) is 3.91. The fourth-order valence-electron chi connectivity index (χ4n) is 5.80. The second-order valence-corrected chi connectivity index (χ2v) is 13.5. The first-order valence-corrected chi connectivity index (χ1v) is 16.9. The molecular weight excluding hydrogens is 663 g/mol. The van der Waals surface area contributed by atoms with Crippen LogP contribution in [0.1, 0.15) is 25.0 Å². The van der Waals surface area contributed by atoms with Crippen molar-refractivity contribution in [2.45, 2.75) is 26.1 Å². The summed E-state index contributed by atoms with van der Waals surface area (Å²) < 4.78 is 3.73. The van der Waals surface area contributed by atoms with Crippen LogP contribution in [0, 0.1) is 0 Å². The molecule has 0 bridgehead atoms. The topological polar surface area (TPSA) is 75.1 Å². The molecule has 0 saturated heterocycles. The van der Waals surface area contributed by atoms with Crippen LogP contribution in [0.25, 0.3) is 55.8 Å². The first-order valence-electron chi connectivity index (χ1n) is 16.2. The lowest BCUT2D eigenvalue weighted by Crippen LogP contribution is -2.15. The number of halogens is 2. The molecule has 0 aliphatic rings. The van der Waals surface area contributed by atoms with Gasteiger partial charge in [0.1, 0.15) is 0 Å². The van der Waals surface area contributed by atoms with Gasteiger partial charge in [0, 0.05) is 33.6 Å². The van der Waals surface area contributed by atoms with Crippen LogP contribution in [0.5, 0.6) is 0 Å². The Labute approximate surface area is 300 Å². The quantitative estimate of drug-likeness (QED) is 0.181. The predicted molar refractivity (Wildman–Crippen MR) is 203 cm³/mol. The summed E-state index contributed by atoms with van der Waals surface area (Å²) in [7, 11) is 0. The van der Waals surface area contributed by atoms with Gasteiger partial charge in [-0.05, 0) is 120 Å². The van der Waals surface area contributed by atoms with E-state index in [1.165, 1.54) is 0 Å². The van der Waals surface area contributed by atoms with Crippen molar-refractivity contribution >= 4 is 34.2 Å². The predicted octanol–water partition coefficient (Wildman–Crippen LogP) is 10.4. The lowest BCUT2D eigenvalue weighted by molar-refractivity contribution is 0.0786. The average molecular weight is 698 g/mol. The van der Waals surface area contributed by atoms with Crippen LogP contribution in [0.4, 0.5) is 0 Å². The fourth-order valence-corrected chi connectivity index (χ4v) is 6.05. The summed E-state index contributed by atoms with van der Waals surface area (Å²) in [5.41, 5.74) is 11.2. The highest BCUT2D eigenvalue weighted by Gasteiger charge is 2.16. The van der Waals surface area contributed by atoms with Crippen LogP contribution in [0.15, 0.2) is 146 Å². The molecule has 0 saturated carbocycles. The van der Waals surface area contributed by atoms with E-state index in [9.17, 15) is 10.2 Å². The Morgan fingerprint density at radius 3 is 1.48 bits per heavy atom. The summed E-state index contributed by atoms with van der Waals surface area (Å²) in [5, 5.41) is 30.2. The number of aromatic nitrogens is 4. The number of benzene rings is 4. The van der Waals surface area contributed by atoms with Gasteiger partial charge in [0.05, 0.1) is 34.6 Å². The maximum Gasteiger partial charge on any atom is 0.0933 e. The number of hydrogen-bond donors (Lipinski definition) is 2. The Balaban J connectivity index is 0.000000157. The number of pyridine rings is 2. The van der Waals surface area contributed by atoms with E-state index in [1.54, 1.807) is 13.8 Å². The van der Waals surface area contributed by atoms with Crippen LogP contribution in [-0.2, 0) is 12.2 Å². The van der Waals surface area contributed by atoms with Crippen molar-refractivity contribution in [3.63, 3.8) is 0 Å². The van der Waals surface area contributed by atoms with Crippen LogP contribution in [-0.4, -0.2) is 29.4 Å². The number of nitrogens with zero attached hydrogens (tertiary/aromatic N) is 4. The minimum Gasteiger partial charge on any atom is -0.392 e. The van der Waals surface area contributed by atoms with Crippen molar-refractivity contribution in [3.8, 4) is 44.8 Å². The molecule has 4 heterocycles. The van der Waals surface area contributed by atoms with Crippen molar-refractivity contribution in [1.29, 1.82) is 0 Å². The highest BCUT2D eigenvalue weighted by atomic mass is 35.5. The van der Waals surface area contributed by atoms with Gasteiger partial charge < -0.3 is 10.2 Å². The zero-order chi connectivity index (χ0) is 34.8. The molecule has 0 unspecified atom stereocenters. The van der Waals surface area contributed by atoms with Crippen LogP contribution < -0.4 is 0 Å². The van der Waals surface area contributed by atoms with E-state index in [2.05, 4.69) is 40.5 Å². The second kappa shape index (κ2) is 13.9. The second-order valence-electron chi connectivity index (χ2n) is 12.6. The van der Waals surface area contributed by atoms with E-state index in [1.807, 2.05) is 125 Å². The van der Waals surface area contributed by atoms with Crippen molar-refractivity contribution in [1.82, 2.24) is 19.2 Å². The van der Waals surface area contributed by atoms with Gasteiger partial charge >= 0.3 is 0 Å². The van der Waals surface area contributed by atoms with Crippen LogP contribution in [0.3, 0.4) is 0 Å². The summed E-state index contributed by atoms with van der Waals surface area (Å²) in [4.78, 5) is 0. The van der Waals surface area contributed by atoms with Gasteiger partial charge in [-0.2, -0.15) is 10.2 Å². The van der Waals surface area contributed by atoms with Gasteiger partial charge in [-0.1, -0.05) is 83.9 Å². The summed E-state index contributed by atoms with van der Waals surface area (Å²) in [6.45, 7) is 3.64.